The van der Waals surface area contributed by atoms with Crippen LogP contribution in [0, 0.1) is 0 Å². The summed E-state index contributed by atoms with van der Waals surface area (Å²) in [6.07, 6.45) is -0.848. The van der Waals surface area contributed by atoms with Crippen molar-refractivity contribution in [2.45, 2.75) is 25.6 Å². The third kappa shape index (κ3) is 2.06. The van der Waals surface area contributed by atoms with Crippen molar-refractivity contribution in [2.75, 3.05) is 0 Å². The Balaban J connectivity index is 2.71. The maximum absolute atomic E-state index is 9.54. The minimum absolute atomic E-state index is 0.566. The molecule has 0 heterocycles. The van der Waals surface area contributed by atoms with Gasteiger partial charge in [0.2, 0.25) is 0 Å². The number of aliphatic hydroxyl groups is 2. The van der Waals surface area contributed by atoms with Crippen LogP contribution in [0.5, 0.6) is 0 Å². The number of hydrogen-bond donors (Lipinski definition) is 2. The van der Waals surface area contributed by atoms with Crippen LogP contribution in [0.3, 0.4) is 0 Å². The fourth-order valence-corrected chi connectivity index (χ4v) is 1.10. The highest BCUT2D eigenvalue weighted by Gasteiger charge is 2.15. The van der Waals surface area contributed by atoms with E-state index in [2.05, 4.69) is 0 Å². The van der Waals surface area contributed by atoms with E-state index >= 15 is 0 Å². The fourth-order valence-electron chi connectivity index (χ4n) is 1.10. The van der Waals surface area contributed by atoms with E-state index in [9.17, 15) is 10.2 Å². The summed E-state index contributed by atoms with van der Waals surface area (Å²) < 4.78 is 0. The van der Waals surface area contributed by atoms with E-state index < -0.39 is 12.2 Å². The lowest BCUT2D eigenvalue weighted by molar-refractivity contribution is 0.0165. The summed E-state index contributed by atoms with van der Waals surface area (Å²) in [5.41, 5.74) is 0.770. The summed E-state index contributed by atoms with van der Waals surface area (Å²) >= 11 is 0. The van der Waals surface area contributed by atoms with Gasteiger partial charge in [0.05, 0.1) is 6.10 Å². The first-order chi connectivity index (χ1) is 5.75. The predicted octanol–water partition coefficient (Wildman–Crippen LogP) is 1.49. The van der Waals surface area contributed by atoms with Crippen LogP contribution in [0.2, 0.25) is 0 Å². The molecule has 1 aromatic carbocycles. The number of rotatable bonds is 3. The van der Waals surface area contributed by atoms with Gasteiger partial charge in [-0.05, 0) is 12.0 Å². The Morgan fingerprint density at radius 3 is 2.25 bits per heavy atom. The molecule has 0 radical (unpaired) electrons. The lowest BCUT2D eigenvalue weighted by atomic mass is 10.0. The predicted molar refractivity (Wildman–Crippen MR) is 47.7 cm³/mol. The zero-order chi connectivity index (χ0) is 8.97. The summed E-state index contributed by atoms with van der Waals surface area (Å²) in [7, 11) is 0. The molecule has 0 spiro atoms. The van der Waals surface area contributed by atoms with E-state index in [1.165, 1.54) is 0 Å². The minimum Gasteiger partial charge on any atom is -0.390 e. The van der Waals surface area contributed by atoms with Gasteiger partial charge in [-0.15, -0.1) is 0 Å². The lowest BCUT2D eigenvalue weighted by Crippen LogP contribution is -2.16. The van der Waals surface area contributed by atoms with Crippen LogP contribution in [-0.4, -0.2) is 16.3 Å². The zero-order valence-corrected chi connectivity index (χ0v) is 7.14. The molecule has 0 saturated carbocycles. The largest absolute Gasteiger partial charge is 0.390 e. The monoisotopic (exact) mass is 166 g/mol. The van der Waals surface area contributed by atoms with Crippen molar-refractivity contribution in [3.63, 3.8) is 0 Å². The number of aliphatic hydroxyl groups excluding tert-OH is 2. The van der Waals surface area contributed by atoms with Gasteiger partial charge in [0.1, 0.15) is 6.10 Å². The molecule has 0 saturated heterocycles. The van der Waals surface area contributed by atoms with Crippen molar-refractivity contribution in [3.8, 4) is 0 Å². The normalized spacial score (nSPS) is 15.6. The van der Waals surface area contributed by atoms with E-state index in [-0.39, 0.29) is 0 Å². The van der Waals surface area contributed by atoms with Gasteiger partial charge >= 0.3 is 0 Å². The molecule has 2 N–H and O–H groups in total. The van der Waals surface area contributed by atoms with Crippen LogP contribution < -0.4 is 0 Å². The average Bonchev–Trinajstić information content (AvgIpc) is 2.17. The maximum Gasteiger partial charge on any atom is 0.105 e. The minimum atomic E-state index is -0.754. The molecule has 0 bridgehead atoms. The summed E-state index contributed by atoms with van der Waals surface area (Å²) in [5, 5.41) is 18.9. The van der Waals surface area contributed by atoms with Gasteiger partial charge in [0.25, 0.3) is 0 Å². The molecule has 0 fully saturated rings. The van der Waals surface area contributed by atoms with Crippen molar-refractivity contribution in [1.82, 2.24) is 0 Å². The maximum atomic E-state index is 9.54. The van der Waals surface area contributed by atoms with Gasteiger partial charge < -0.3 is 10.2 Å². The van der Waals surface area contributed by atoms with Crippen LogP contribution in [-0.2, 0) is 0 Å². The van der Waals surface area contributed by atoms with Crippen LogP contribution in [0.15, 0.2) is 30.3 Å². The third-order valence-corrected chi connectivity index (χ3v) is 1.92. The van der Waals surface area contributed by atoms with E-state index in [4.69, 9.17) is 0 Å². The third-order valence-electron chi connectivity index (χ3n) is 1.92. The van der Waals surface area contributed by atoms with Crippen molar-refractivity contribution < 1.29 is 10.2 Å². The molecule has 0 amide bonds. The second-order valence-corrected chi connectivity index (χ2v) is 2.83. The number of hydrogen-bond acceptors (Lipinski definition) is 2. The molecule has 0 aliphatic rings. The molecular weight excluding hydrogens is 152 g/mol. The van der Waals surface area contributed by atoms with E-state index in [0.717, 1.165) is 5.56 Å². The van der Waals surface area contributed by atoms with Crippen LogP contribution in [0.1, 0.15) is 25.0 Å². The lowest BCUT2D eigenvalue weighted by Gasteiger charge is -2.15. The first-order valence-electron chi connectivity index (χ1n) is 4.16. The van der Waals surface area contributed by atoms with Crippen LogP contribution in [0.25, 0.3) is 0 Å². The molecule has 2 heteroatoms. The smallest absolute Gasteiger partial charge is 0.105 e. The first kappa shape index (κ1) is 9.23. The highest BCUT2D eigenvalue weighted by atomic mass is 16.3. The second-order valence-electron chi connectivity index (χ2n) is 2.83. The topological polar surface area (TPSA) is 40.5 Å². The molecule has 0 aromatic heterocycles. The Hall–Kier alpha value is -0.860. The van der Waals surface area contributed by atoms with E-state index in [1.807, 2.05) is 37.3 Å². The quantitative estimate of drug-likeness (QED) is 0.714. The molecular formula is C10H14O2. The molecule has 12 heavy (non-hydrogen) atoms. The van der Waals surface area contributed by atoms with Gasteiger partial charge in [-0.3, -0.25) is 0 Å². The molecule has 0 aliphatic heterocycles. The highest BCUT2D eigenvalue weighted by molar-refractivity contribution is 5.18. The average molecular weight is 166 g/mol. The molecule has 0 unspecified atom stereocenters. The van der Waals surface area contributed by atoms with Crippen molar-refractivity contribution in [1.29, 1.82) is 0 Å². The molecule has 0 aliphatic carbocycles. The fraction of sp³-hybridized carbons (Fsp3) is 0.400. The molecule has 1 rings (SSSR count). The summed E-state index contributed by atoms with van der Waals surface area (Å²) in [4.78, 5) is 0. The Kier molecular flexibility index (Phi) is 3.26. The van der Waals surface area contributed by atoms with Gasteiger partial charge in [-0.1, -0.05) is 37.3 Å². The SMILES string of the molecule is CC[C@H](O)[C@@H](O)c1ccccc1. The van der Waals surface area contributed by atoms with Crippen molar-refractivity contribution >= 4 is 0 Å². The van der Waals surface area contributed by atoms with Crippen molar-refractivity contribution in [3.05, 3.63) is 35.9 Å². The van der Waals surface area contributed by atoms with Gasteiger partial charge in [0, 0.05) is 0 Å². The van der Waals surface area contributed by atoms with Crippen LogP contribution >= 0.6 is 0 Å². The highest BCUT2D eigenvalue weighted by Crippen LogP contribution is 2.17. The van der Waals surface area contributed by atoms with Crippen molar-refractivity contribution in [2.24, 2.45) is 0 Å². The second kappa shape index (κ2) is 4.24. The summed E-state index contributed by atoms with van der Waals surface area (Å²) in [6, 6.07) is 9.20. The summed E-state index contributed by atoms with van der Waals surface area (Å²) in [6.45, 7) is 1.84. The molecule has 66 valence electrons. The molecule has 1 aromatic rings. The zero-order valence-electron chi connectivity index (χ0n) is 7.14. The standard InChI is InChI=1S/C10H14O2/c1-2-9(11)10(12)8-6-4-3-5-7-8/h3-7,9-12H,2H2,1H3/t9-,10-/m0/s1. The Morgan fingerprint density at radius 1 is 1.17 bits per heavy atom. The Labute approximate surface area is 72.5 Å². The Bertz CT molecular complexity index is 221. The van der Waals surface area contributed by atoms with E-state index in [1.54, 1.807) is 0 Å². The molecule has 2 nitrogen and oxygen atoms in total. The van der Waals surface area contributed by atoms with Crippen LogP contribution in [0.4, 0.5) is 0 Å². The first-order valence-corrected chi connectivity index (χ1v) is 4.16. The summed E-state index contributed by atoms with van der Waals surface area (Å²) in [5.74, 6) is 0. The van der Waals surface area contributed by atoms with Gasteiger partial charge in [0.15, 0.2) is 0 Å². The van der Waals surface area contributed by atoms with E-state index in [0.29, 0.717) is 6.42 Å². The Morgan fingerprint density at radius 2 is 1.75 bits per heavy atom. The van der Waals surface area contributed by atoms with Gasteiger partial charge in [-0.2, -0.15) is 0 Å². The molecule has 2 atom stereocenters. The van der Waals surface area contributed by atoms with Gasteiger partial charge in [-0.25, -0.2) is 0 Å². The number of benzene rings is 1.